The zero-order valence-corrected chi connectivity index (χ0v) is 13.3. The Hall–Kier alpha value is -1.24. The Morgan fingerprint density at radius 3 is 2.14 bits per heavy atom. The lowest BCUT2D eigenvalue weighted by Crippen LogP contribution is -2.22. The van der Waals surface area contributed by atoms with E-state index in [2.05, 4.69) is 0 Å². The molecule has 114 valence electrons. The predicted octanol–water partition coefficient (Wildman–Crippen LogP) is 3.15. The fourth-order valence-electron chi connectivity index (χ4n) is 1.48. The van der Waals surface area contributed by atoms with E-state index in [1.165, 1.54) is 12.1 Å². The highest BCUT2D eigenvalue weighted by Crippen LogP contribution is 2.27. The second-order valence-electron chi connectivity index (χ2n) is 4.22. The Kier molecular flexibility index (Phi) is 6.51. The van der Waals surface area contributed by atoms with Gasteiger partial charge in [0.25, 0.3) is 0 Å². The fourth-order valence-corrected chi connectivity index (χ4v) is 2.72. The van der Waals surface area contributed by atoms with Crippen LogP contribution in [-0.4, -0.2) is 38.9 Å². The summed E-state index contributed by atoms with van der Waals surface area (Å²) in [4.78, 5) is 33.6. The van der Waals surface area contributed by atoms with Gasteiger partial charge in [-0.2, -0.15) is 0 Å². The molecule has 0 amide bonds. The lowest BCUT2D eigenvalue weighted by Gasteiger charge is -2.11. The molecule has 1 aromatic rings. The molecule has 1 aromatic carbocycles. The highest BCUT2D eigenvalue weighted by Gasteiger charge is 2.24. The first kappa shape index (κ1) is 17.8. The molecule has 0 saturated carbocycles. The lowest BCUT2D eigenvalue weighted by molar-refractivity contribution is -0.136. The third-order valence-corrected chi connectivity index (χ3v) is 4.63. The highest BCUT2D eigenvalue weighted by atomic mass is 35.5. The molecule has 0 fully saturated rings. The number of carbonyl (C=O) groups excluding carboxylic acids is 1. The average Bonchev–Trinajstić information content (AvgIpc) is 2.39. The zero-order chi connectivity index (χ0) is 16.2. The van der Waals surface area contributed by atoms with Crippen molar-refractivity contribution in [3.8, 4) is 0 Å². The number of aliphatic carboxylic acids is 2. The summed E-state index contributed by atoms with van der Waals surface area (Å²) in [6.07, 6.45) is -0.330. The van der Waals surface area contributed by atoms with Crippen molar-refractivity contribution in [1.82, 2.24) is 0 Å². The van der Waals surface area contributed by atoms with Gasteiger partial charge in [0.2, 0.25) is 0 Å². The van der Waals surface area contributed by atoms with E-state index >= 15 is 0 Å². The van der Waals surface area contributed by atoms with Crippen molar-refractivity contribution in [2.75, 3.05) is 5.75 Å². The van der Waals surface area contributed by atoms with Crippen molar-refractivity contribution >= 4 is 52.7 Å². The van der Waals surface area contributed by atoms with Crippen LogP contribution in [0.4, 0.5) is 0 Å². The molecule has 0 spiro atoms. The fraction of sp³-hybridized carbons (Fsp3) is 0.308. The van der Waals surface area contributed by atoms with Crippen molar-refractivity contribution < 1.29 is 24.6 Å². The molecule has 2 N–H and O–H groups in total. The Bertz CT molecular complexity index is 565. The predicted molar refractivity (Wildman–Crippen MR) is 81.7 cm³/mol. The Morgan fingerprint density at radius 1 is 1.19 bits per heavy atom. The van der Waals surface area contributed by atoms with Gasteiger partial charge < -0.3 is 10.2 Å². The Labute approximate surface area is 135 Å². The molecule has 0 aliphatic heterocycles. The summed E-state index contributed by atoms with van der Waals surface area (Å²) in [5.74, 6) is -3.22. The largest absolute Gasteiger partial charge is 0.481 e. The maximum absolute atomic E-state index is 12.1. The minimum Gasteiger partial charge on any atom is -0.481 e. The number of carboxylic acid groups (broad SMARTS) is 2. The van der Waals surface area contributed by atoms with E-state index in [1.54, 1.807) is 6.92 Å². The highest BCUT2D eigenvalue weighted by molar-refractivity contribution is 8.01. The molecule has 5 nitrogen and oxygen atoms in total. The molecule has 0 radical (unpaired) electrons. The molecular formula is C13H12Cl2O5S. The van der Waals surface area contributed by atoms with Gasteiger partial charge in [-0.1, -0.05) is 23.2 Å². The van der Waals surface area contributed by atoms with Crippen molar-refractivity contribution in [3.05, 3.63) is 33.3 Å². The molecule has 0 saturated heterocycles. The summed E-state index contributed by atoms with van der Waals surface area (Å²) in [7, 11) is 0. The topological polar surface area (TPSA) is 91.7 Å². The minimum absolute atomic E-state index is 0.206. The van der Waals surface area contributed by atoms with E-state index in [0.717, 1.165) is 0 Å². The van der Waals surface area contributed by atoms with Crippen LogP contribution in [0.1, 0.15) is 22.3 Å². The smallest absolute Gasteiger partial charge is 0.317 e. The number of thioether (sulfide) groups is 1. The van der Waals surface area contributed by atoms with Crippen LogP contribution in [0.2, 0.25) is 10.0 Å². The van der Waals surface area contributed by atoms with E-state index in [1.807, 2.05) is 0 Å². The molecule has 8 heteroatoms. The third kappa shape index (κ3) is 5.22. The number of halogens is 2. The Morgan fingerprint density at radius 2 is 1.71 bits per heavy atom. The normalized spacial score (nSPS) is 12.0. The summed E-state index contributed by atoms with van der Waals surface area (Å²) in [6, 6.07) is 2.84. The van der Waals surface area contributed by atoms with Crippen LogP contribution in [0.3, 0.4) is 0 Å². The number of benzene rings is 1. The van der Waals surface area contributed by atoms with Gasteiger partial charge in [-0.05, 0) is 24.6 Å². The van der Waals surface area contributed by atoms with E-state index in [0.29, 0.717) is 27.4 Å². The number of hydrogen-bond acceptors (Lipinski definition) is 4. The molecule has 21 heavy (non-hydrogen) atoms. The van der Waals surface area contributed by atoms with Gasteiger partial charge in [0.05, 0.1) is 5.75 Å². The SMILES string of the molecule is Cc1c(Cl)cc(C(=O)CC(SCC(=O)O)C(=O)O)cc1Cl. The molecule has 0 aromatic heterocycles. The van der Waals surface area contributed by atoms with Crippen LogP contribution in [0.5, 0.6) is 0 Å². The minimum atomic E-state index is -1.24. The van der Waals surface area contributed by atoms with Crippen molar-refractivity contribution in [2.24, 2.45) is 0 Å². The van der Waals surface area contributed by atoms with E-state index in [9.17, 15) is 14.4 Å². The average molecular weight is 351 g/mol. The number of Topliss-reactive ketones (excluding diaryl/α,β-unsaturated/α-hetero) is 1. The van der Waals surface area contributed by atoms with Gasteiger partial charge in [0.15, 0.2) is 5.78 Å². The summed E-state index contributed by atoms with van der Waals surface area (Å²) in [5, 5.41) is 17.1. The van der Waals surface area contributed by atoms with Crippen molar-refractivity contribution in [3.63, 3.8) is 0 Å². The van der Waals surface area contributed by atoms with Crippen LogP contribution in [0.25, 0.3) is 0 Å². The number of hydrogen-bond donors (Lipinski definition) is 2. The molecule has 1 rings (SSSR count). The van der Waals surface area contributed by atoms with Crippen LogP contribution in [0, 0.1) is 6.92 Å². The van der Waals surface area contributed by atoms with Gasteiger partial charge in [0.1, 0.15) is 5.25 Å². The van der Waals surface area contributed by atoms with E-state index in [4.69, 9.17) is 33.4 Å². The summed E-state index contributed by atoms with van der Waals surface area (Å²) < 4.78 is 0. The van der Waals surface area contributed by atoms with Gasteiger partial charge >= 0.3 is 11.9 Å². The van der Waals surface area contributed by atoms with Gasteiger partial charge in [-0.15, -0.1) is 11.8 Å². The second kappa shape index (κ2) is 7.68. The summed E-state index contributed by atoms with van der Waals surface area (Å²) in [6.45, 7) is 1.70. The molecule has 1 unspecified atom stereocenters. The van der Waals surface area contributed by atoms with Gasteiger partial charge in [0, 0.05) is 22.0 Å². The van der Waals surface area contributed by atoms with Crippen LogP contribution in [0.15, 0.2) is 12.1 Å². The van der Waals surface area contributed by atoms with Gasteiger partial charge in [-0.3, -0.25) is 14.4 Å². The Balaban J connectivity index is 2.87. The summed E-state index contributed by atoms with van der Waals surface area (Å²) in [5.41, 5.74) is 0.836. The van der Waals surface area contributed by atoms with Crippen molar-refractivity contribution in [2.45, 2.75) is 18.6 Å². The number of carboxylic acids is 2. The van der Waals surface area contributed by atoms with Crippen LogP contribution >= 0.6 is 35.0 Å². The monoisotopic (exact) mass is 350 g/mol. The maximum Gasteiger partial charge on any atom is 0.317 e. The molecule has 0 aliphatic carbocycles. The summed E-state index contributed by atoms with van der Waals surface area (Å²) >= 11 is 12.5. The second-order valence-corrected chi connectivity index (χ2v) is 6.23. The zero-order valence-electron chi connectivity index (χ0n) is 10.9. The standard InChI is InChI=1S/C13H12Cl2O5S/c1-6-8(14)2-7(3-9(6)15)10(16)4-11(13(19)20)21-5-12(17)18/h2-3,11H,4-5H2,1H3,(H,17,18)(H,19,20). The lowest BCUT2D eigenvalue weighted by atomic mass is 10.0. The first-order valence-corrected chi connectivity index (χ1v) is 7.58. The van der Waals surface area contributed by atoms with E-state index in [-0.39, 0.29) is 17.7 Å². The quantitative estimate of drug-likeness (QED) is 0.734. The first-order valence-electron chi connectivity index (χ1n) is 5.77. The van der Waals surface area contributed by atoms with Crippen molar-refractivity contribution in [1.29, 1.82) is 0 Å². The van der Waals surface area contributed by atoms with Crippen LogP contribution < -0.4 is 0 Å². The third-order valence-electron chi connectivity index (χ3n) is 2.66. The van der Waals surface area contributed by atoms with Crippen LogP contribution in [-0.2, 0) is 9.59 Å². The molecule has 0 aliphatic rings. The molecular weight excluding hydrogens is 339 g/mol. The number of ketones is 1. The molecule has 0 bridgehead atoms. The number of rotatable bonds is 7. The number of carbonyl (C=O) groups is 3. The maximum atomic E-state index is 12.1. The van der Waals surface area contributed by atoms with E-state index < -0.39 is 23.0 Å². The molecule has 0 heterocycles. The van der Waals surface area contributed by atoms with Gasteiger partial charge in [-0.25, -0.2) is 0 Å². The first-order chi connectivity index (χ1) is 9.72. The molecule has 1 atom stereocenters.